The van der Waals surface area contributed by atoms with Gasteiger partial charge in [0, 0.05) is 37.5 Å². The number of imidazole rings is 1. The summed E-state index contributed by atoms with van der Waals surface area (Å²) in [5, 5.41) is 0. The number of nitrogens with two attached hydrogens (primary N) is 1. The van der Waals surface area contributed by atoms with Gasteiger partial charge in [-0.15, -0.1) is 0 Å². The smallest absolute Gasteiger partial charge is 0.124 e. The van der Waals surface area contributed by atoms with Crippen LogP contribution in [0.2, 0.25) is 0 Å². The molecule has 2 rings (SSSR count). The summed E-state index contributed by atoms with van der Waals surface area (Å²) in [7, 11) is 1.98. The number of nitrogens with zero attached hydrogens (tertiary/aromatic N) is 2. The fourth-order valence-electron chi connectivity index (χ4n) is 1.88. The summed E-state index contributed by atoms with van der Waals surface area (Å²) in [5.74, 6) is 1.88. The maximum absolute atomic E-state index is 5.91. The van der Waals surface area contributed by atoms with Gasteiger partial charge in [-0.25, -0.2) is 4.98 Å². The molecule has 4 nitrogen and oxygen atoms in total. The third-order valence-electron chi connectivity index (χ3n) is 2.91. The fraction of sp³-hybridized carbons (Fsp3) is 0.357. The van der Waals surface area contributed by atoms with E-state index in [2.05, 4.69) is 4.98 Å². The van der Waals surface area contributed by atoms with E-state index in [1.165, 1.54) is 0 Å². The molecule has 0 saturated carbocycles. The molecule has 0 bridgehead atoms. The molecule has 0 aliphatic carbocycles. The molecular formula is C14H19N3O. The molecule has 0 fully saturated rings. The molecule has 2 aromatic rings. The van der Waals surface area contributed by atoms with Crippen LogP contribution < -0.4 is 10.5 Å². The van der Waals surface area contributed by atoms with E-state index in [4.69, 9.17) is 10.5 Å². The predicted molar refractivity (Wildman–Crippen MR) is 71.5 cm³/mol. The molecule has 0 saturated heterocycles. The first-order valence-corrected chi connectivity index (χ1v) is 6.12. The quantitative estimate of drug-likeness (QED) is 0.877. The lowest BCUT2D eigenvalue weighted by molar-refractivity contribution is 0.313. The van der Waals surface area contributed by atoms with Crippen molar-refractivity contribution in [3.05, 3.63) is 48.0 Å². The molecule has 0 aliphatic heterocycles. The zero-order chi connectivity index (χ0) is 13.0. The Hall–Kier alpha value is -1.81. The van der Waals surface area contributed by atoms with Crippen molar-refractivity contribution in [3.63, 3.8) is 0 Å². The second kappa shape index (κ2) is 5.69. The lowest BCUT2D eigenvalue weighted by atomic mass is 10.1. The van der Waals surface area contributed by atoms with Crippen molar-refractivity contribution in [2.75, 3.05) is 6.61 Å². The van der Waals surface area contributed by atoms with E-state index in [9.17, 15) is 0 Å². The number of aryl methyl sites for hydroxylation is 1. The summed E-state index contributed by atoms with van der Waals surface area (Å²) in [4.78, 5) is 4.26. The zero-order valence-electron chi connectivity index (χ0n) is 10.8. The van der Waals surface area contributed by atoms with Crippen LogP contribution in [0.4, 0.5) is 0 Å². The highest BCUT2D eigenvalue weighted by Gasteiger charge is 2.07. The van der Waals surface area contributed by atoms with Gasteiger partial charge in [-0.1, -0.05) is 18.2 Å². The van der Waals surface area contributed by atoms with Crippen molar-refractivity contribution < 1.29 is 4.74 Å². The van der Waals surface area contributed by atoms with Gasteiger partial charge in [0.05, 0.1) is 6.61 Å². The molecule has 1 aromatic heterocycles. The SMILES string of the molecule is C[C@H](N)c1ccccc1OCCc1nccn1C. The van der Waals surface area contributed by atoms with Gasteiger partial charge in [0.25, 0.3) is 0 Å². The minimum Gasteiger partial charge on any atom is -0.493 e. The third kappa shape index (κ3) is 2.90. The van der Waals surface area contributed by atoms with E-state index < -0.39 is 0 Å². The monoisotopic (exact) mass is 245 g/mol. The highest BCUT2D eigenvalue weighted by atomic mass is 16.5. The number of hydrogen-bond acceptors (Lipinski definition) is 3. The normalized spacial score (nSPS) is 12.4. The van der Waals surface area contributed by atoms with Gasteiger partial charge in [0.15, 0.2) is 0 Å². The van der Waals surface area contributed by atoms with Gasteiger partial charge < -0.3 is 15.0 Å². The maximum Gasteiger partial charge on any atom is 0.124 e. The molecule has 0 unspecified atom stereocenters. The molecule has 1 aromatic carbocycles. The number of rotatable bonds is 5. The van der Waals surface area contributed by atoms with Gasteiger partial charge in [0.2, 0.25) is 0 Å². The van der Waals surface area contributed by atoms with Gasteiger partial charge in [-0.2, -0.15) is 0 Å². The second-order valence-corrected chi connectivity index (χ2v) is 4.38. The number of benzene rings is 1. The molecule has 4 heteroatoms. The topological polar surface area (TPSA) is 53.1 Å². The molecule has 0 aliphatic rings. The van der Waals surface area contributed by atoms with Crippen LogP contribution in [0.1, 0.15) is 24.4 Å². The highest BCUT2D eigenvalue weighted by molar-refractivity contribution is 5.35. The van der Waals surface area contributed by atoms with Crippen molar-refractivity contribution in [1.29, 1.82) is 0 Å². The van der Waals surface area contributed by atoms with E-state index in [0.717, 1.165) is 23.6 Å². The molecule has 18 heavy (non-hydrogen) atoms. The first-order valence-electron chi connectivity index (χ1n) is 6.12. The first kappa shape index (κ1) is 12.6. The summed E-state index contributed by atoms with van der Waals surface area (Å²) < 4.78 is 7.79. The molecule has 2 N–H and O–H groups in total. The van der Waals surface area contributed by atoms with E-state index in [0.29, 0.717) is 6.61 Å². The van der Waals surface area contributed by atoms with Crippen LogP contribution in [0, 0.1) is 0 Å². The largest absolute Gasteiger partial charge is 0.493 e. The maximum atomic E-state index is 5.91. The Balaban J connectivity index is 1.96. The molecule has 96 valence electrons. The molecule has 1 atom stereocenters. The minimum atomic E-state index is -0.0191. The van der Waals surface area contributed by atoms with Crippen LogP contribution in [0.5, 0.6) is 5.75 Å². The van der Waals surface area contributed by atoms with Crippen molar-refractivity contribution in [2.24, 2.45) is 12.8 Å². The van der Waals surface area contributed by atoms with Crippen LogP contribution >= 0.6 is 0 Å². The molecule has 0 radical (unpaired) electrons. The standard InChI is InChI=1S/C14H19N3O/c1-11(15)12-5-3-4-6-13(12)18-10-7-14-16-8-9-17(14)2/h3-6,8-9,11H,7,10,15H2,1-2H3/t11-/m0/s1. The van der Waals surface area contributed by atoms with E-state index >= 15 is 0 Å². The molecule has 1 heterocycles. The summed E-state index contributed by atoms with van der Waals surface area (Å²) in [6, 6.07) is 7.87. The van der Waals surface area contributed by atoms with Gasteiger partial charge in [-0.05, 0) is 13.0 Å². The Labute approximate surface area is 107 Å². The van der Waals surface area contributed by atoms with Crippen molar-refractivity contribution in [2.45, 2.75) is 19.4 Å². The number of para-hydroxylation sites is 1. The molecule has 0 spiro atoms. The lowest BCUT2D eigenvalue weighted by Gasteiger charge is -2.13. The summed E-state index contributed by atoms with van der Waals surface area (Å²) >= 11 is 0. The summed E-state index contributed by atoms with van der Waals surface area (Å²) in [5.41, 5.74) is 6.95. The summed E-state index contributed by atoms with van der Waals surface area (Å²) in [6.07, 6.45) is 4.52. The molecule has 0 amide bonds. The average molecular weight is 245 g/mol. The van der Waals surface area contributed by atoms with Crippen molar-refractivity contribution in [3.8, 4) is 5.75 Å². The van der Waals surface area contributed by atoms with E-state index in [1.807, 2.05) is 49.0 Å². The highest BCUT2D eigenvalue weighted by Crippen LogP contribution is 2.23. The fourth-order valence-corrected chi connectivity index (χ4v) is 1.88. The Morgan fingerprint density at radius 1 is 1.39 bits per heavy atom. The lowest BCUT2D eigenvalue weighted by Crippen LogP contribution is -2.10. The zero-order valence-corrected chi connectivity index (χ0v) is 10.8. The van der Waals surface area contributed by atoms with Crippen LogP contribution in [-0.4, -0.2) is 16.2 Å². The van der Waals surface area contributed by atoms with E-state index in [1.54, 1.807) is 6.20 Å². The van der Waals surface area contributed by atoms with Crippen molar-refractivity contribution in [1.82, 2.24) is 9.55 Å². The second-order valence-electron chi connectivity index (χ2n) is 4.38. The van der Waals surface area contributed by atoms with Gasteiger partial charge in [-0.3, -0.25) is 0 Å². The number of hydrogen-bond donors (Lipinski definition) is 1. The Bertz CT molecular complexity index is 505. The first-order chi connectivity index (χ1) is 8.68. The Kier molecular flexibility index (Phi) is 3.99. The van der Waals surface area contributed by atoms with Crippen LogP contribution in [-0.2, 0) is 13.5 Å². The number of ether oxygens (including phenoxy) is 1. The Morgan fingerprint density at radius 2 is 2.17 bits per heavy atom. The van der Waals surface area contributed by atoms with Crippen LogP contribution in [0.15, 0.2) is 36.7 Å². The summed E-state index contributed by atoms with van der Waals surface area (Å²) in [6.45, 7) is 2.57. The van der Waals surface area contributed by atoms with Crippen molar-refractivity contribution >= 4 is 0 Å². The Morgan fingerprint density at radius 3 is 2.83 bits per heavy atom. The predicted octanol–water partition coefficient (Wildman–Crippen LogP) is 2.06. The third-order valence-corrected chi connectivity index (χ3v) is 2.91. The van der Waals surface area contributed by atoms with Gasteiger partial charge in [0.1, 0.15) is 11.6 Å². The van der Waals surface area contributed by atoms with Crippen LogP contribution in [0.3, 0.4) is 0 Å². The van der Waals surface area contributed by atoms with E-state index in [-0.39, 0.29) is 6.04 Å². The average Bonchev–Trinajstić information content (AvgIpc) is 2.76. The minimum absolute atomic E-state index is 0.0191. The van der Waals surface area contributed by atoms with Gasteiger partial charge >= 0.3 is 0 Å². The van der Waals surface area contributed by atoms with Crippen LogP contribution in [0.25, 0.3) is 0 Å². The number of aromatic nitrogens is 2. The molecular weight excluding hydrogens is 226 g/mol.